The number of imidazole rings is 1. The molecule has 3 N–H and O–H groups in total. The predicted molar refractivity (Wildman–Crippen MR) is 167 cm³/mol. The fraction of sp³-hybridized carbons (Fsp3) is 0.406. The Morgan fingerprint density at radius 2 is 2.09 bits per heavy atom. The Morgan fingerprint density at radius 1 is 1.25 bits per heavy atom. The molecular formula is C32H35N7O4S. The molecule has 0 spiro atoms. The molecule has 1 aromatic carbocycles. The molecular weight excluding hydrogens is 578 g/mol. The molecule has 12 heteroatoms. The number of benzene rings is 1. The van der Waals surface area contributed by atoms with Crippen LogP contribution in [0.2, 0.25) is 0 Å². The predicted octanol–water partition coefficient (Wildman–Crippen LogP) is 4.72. The molecule has 11 nitrogen and oxygen atoms in total. The van der Waals surface area contributed by atoms with E-state index in [1.165, 1.54) is 17.7 Å². The zero-order chi connectivity index (χ0) is 30.8. The van der Waals surface area contributed by atoms with Crippen LogP contribution in [0.1, 0.15) is 54.8 Å². The minimum atomic E-state index is -0.831. The Bertz CT molecular complexity index is 1740. The molecule has 4 aromatic rings. The third-order valence-corrected chi connectivity index (χ3v) is 8.93. The fourth-order valence-corrected chi connectivity index (χ4v) is 6.34. The molecule has 1 aliphatic heterocycles. The number of oxazole rings is 1. The van der Waals surface area contributed by atoms with Crippen molar-refractivity contribution < 1.29 is 19.1 Å². The third-order valence-electron chi connectivity index (χ3n) is 7.84. The largest absolute Gasteiger partial charge is 0.443 e. The number of likely N-dealkylation sites (tertiary alicyclic amines) is 1. The van der Waals surface area contributed by atoms with Gasteiger partial charge in [-0.1, -0.05) is 12.1 Å². The van der Waals surface area contributed by atoms with Gasteiger partial charge in [0, 0.05) is 26.2 Å². The van der Waals surface area contributed by atoms with Crippen LogP contribution in [-0.2, 0) is 17.9 Å². The van der Waals surface area contributed by atoms with Gasteiger partial charge in [0.1, 0.15) is 11.6 Å². The first-order chi connectivity index (χ1) is 21.2. The molecule has 1 atom stereocenters. The summed E-state index contributed by atoms with van der Waals surface area (Å²) in [6.45, 7) is 5.48. The molecule has 1 saturated carbocycles. The van der Waals surface area contributed by atoms with Crippen LogP contribution in [-0.4, -0.2) is 61.1 Å². The van der Waals surface area contributed by atoms with Crippen LogP contribution in [0, 0.1) is 17.2 Å². The van der Waals surface area contributed by atoms with Gasteiger partial charge in [0.25, 0.3) is 11.8 Å². The van der Waals surface area contributed by atoms with Crippen LogP contribution < -0.4 is 10.6 Å². The molecule has 1 saturated heterocycles. The summed E-state index contributed by atoms with van der Waals surface area (Å²) in [5.41, 5.74) is 1.90. The summed E-state index contributed by atoms with van der Waals surface area (Å²) in [5.74, 6) is 0.765. The minimum Gasteiger partial charge on any atom is -0.443 e. The smallest absolute Gasteiger partial charge is 0.268 e. The second kappa shape index (κ2) is 12.4. The molecule has 228 valence electrons. The molecule has 0 radical (unpaired) electrons. The van der Waals surface area contributed by atoms with Crippen molar-refractivity contribution in [3.05, 3.63) is 65.0 Å². The normalized spacial score (nSPS) is 17.3. The van der Waals surface area contributed by atoms with Gasteiger partial charge in [0.2, 0.25) is 5.95 Å². The summed E-state index contributed by atoms with van der Waals surface area (Å²) in [4.78, 5) is 38.7. The number of hydrogen-bond acceptors (Lipinski definition) is 9. The number of thiophene rings is 1. The van der Waals surface area contributed by atoms with Gasteiger partial charge in [-0.25, -0.2) is 9.97 Å². The zero-order valence-electron chi connectivity index (χ0n) is 24.7. The lowest BCUT2D eigenvalue weighted by Crippen LogP contribution is -2.39. The Morgan fingerprint density at radius 3 is 2.82 bits per heavy atom. The number of fused-ring (bicyclic) bond motifs is 1. The van der Waals surface area contributed by atoms with E-state index in [2.05, 4.69) is 21.7 Å². The molecule has 44 heavy (non-hydrogen) atoms. The second-order valence-electron chi connectivity index (χ2n) is 12.1. The standard InChI is InChI=1S/C32H35N7O4S/c1-32(2,42)18-34-15-21-7-8-25-24(13-21)36-31(37-29(40)28-10-9-27(44-28)26-16-35-19-43-26)39(25)17-23-4-3-11-38(23)30(41)22(14-33)12-20-5-6-20/h7-10,12-13,16,19-20,23,34,42H,3-6,11,15,17-18H2,1-2H3,(H,36,37,40). The van der Waals surface area contributed by atoms with E-state index in [1.54, 1.807) is 31.0 Å². The van der Waals surface area contributed by atoms with E-state index in [1.807, 2.05) is 34.9 Å². The number of carbonyl (C=O) groups excluding carboxylic acids is 2. The number of anilines is 1. The summed E-state index contributed by atoms with van der Waals surface area (Å²) in [7, 11) is 0. The average molecular weight is 614 g/mol. The molecule has 2 fully saturated rings. The monoisotopic (exact) mass is 613 g/mol. The van der Waals surface area contributed by atoms with Gasteiger partial charge in [-0.2, -0.15) is 5.26 Å². The summed E-state index contributed by atoms with van der Waals surface area (Å²) in [6.07, 6.45) is 8.43. The molecule has 2 amide bonds. The van der Waals surface area contributed by atoms with Gasteiger partial charge in [0.05, 0.1) is 38.6 Å². The number of amides is 2. The first-order valence-electron chi connectivity index (χ1n) is 14.8. The zero-order valence-corrected chi connectivity index (χ0v) is 25.6. The summed E-state index contributed by atoms with van der Waals surface area (Å²) in [5, 5.41) is 26.0. The van der Waals surface area contributed by atoms with Crippen LogP contribution in [0.5, 0.6) is 0 Å². The van der Waals surface area contributed by atoms with E-state index >= 15 is 0 Å². The van der Waals surface area contributed by atoms with Crippen molar-refractivity contribution in [3.63, 3.8) is 0 Å². The quantitative estimate of drug-likeness (QED) is 0.163. The lowest BCUT2D eigenvalue weighted by molar-refractivity contribution is -0.127. The van der Waals surface area contributed by atoms with Gasteiger partial charge in [-0.05, 0) is 75.3 Å². The van der Waals surface area contributed by atoms with E-state index in [0.717, 1.165) is 41.6 Å². The Kier molecular flexibility index (Phi) is 8.35. The Hall–Kier alpha value is -4.31. The van der Waals surface area contributed by atoms with Crippen LogP contribution in [0.15, 0.2) is 59.0 Å². The van der Waals surface area contributed by atoms with Crippen LogP contribution >= 0.6 is 11.3 Å². The molecule has 6 rings (SSSR count). The fourth-order valence-electron chi connectivity index (χ4n) is 5.48. The van der Waals surface area contributed by atoms with Crippen LogP contribution in [0.3, 0.4) is 0 Å². The van der Waals surface area contributed by atoms with Crippen molar-refractivity contribution in [1.82, 2.24) is 24.8 Å². The molecule has 3 aromatic heterocycles. The number of aliphatic hydroxyl groups is 1. The van der Waals surface area contributed by atoms with Crippen molar-refractivity contribution in [3.8, 4) is 16.7 Å². The van der Waals surface area contributed by atoms with Crippen molar-refractivity contribution in [2.75, 3.05) is 18.4 Å². The average Bonchev–Trinajstić information content (AvgIpc) is 3.44. The Labute approximate surface area is 259 Å². The number of nitrogens with one attached hydrogen (secondary N) is 2. The van der Waals surface area contributed by atoms with Crippen LogP contribution in [0.4, 0.5) is 5.95 Å². The van der Waals surface area contributed by atoms with Gasteiger partial charge in [-0.15, -0.1) is 11.3 Å². The summed E-state index contributed by atoms with van der Waals surface area (Å²) < 4.78 is 7.33. The second-order valence-corrected chi connectivity index (χ2v) is 13.2. The van der Waals surface area contributed by atoms with E-state index in [4.69, 9.17) is 9.40 Å². The molecule has 1 unspecified atom stereocenters. The highest BCUT2D eigenvalue weighted by molar-refractivity contribution is 7.17. The first-order valence-corrected chi connectivity index (χ1v) is 15.7. The minimum absolute atomic E-state index is 0.153. The maximum absolute atomic E-state index is 13.4. The number of nitrogens with zero attached hydrogens (tertiary/aromatic N) is 5. The highest BCUT2D eigenvalue weighted by atomic mass is 32.1. The molecule has 2 aliphatic rings. The van der Waals surface area contributed by atoms with E-state index < -0.39 is 5.60 Å². The van der Waals surface area contributed by atoms with Crippen molar-refractivity contribution in [2.24, 2.45) is 5.92 Å². The molecule has 1 aliphatic carbocycles. The van der Waals surface area contributed by atoms with Crippen molar-refractivity contribution >= 4 is 40.1 Å². The number of rotatable bonds is 11. The van der Waals surface area contributed by atoms with Crippen molar-refractivity contribution in [2.45, 2.75) is 64.3 Å². The lowest BCUT2D eigenvalue weighted by atomic mass is 10.1. The van der Waals surface area contributed by atoms with Gasteiger partial charge in [0.15, 0.2) is 12.2 Å². The number of carbonyl (C=O) groups is 2. The lowest BCUT2D eigenvalue weighted by Gasteiger charge is -2.26. The van der Waals surface area contributed by atoms with Gasteiger partial charge >= 0.3 is 0 Å². The SMILES string of the molecule is CC(C)(O)CNCc1ccc2c(c1)nc(NC(=O)c1ccc(-c3cnco3)s1)n2CC1CCCN1C(=O)C(C#N)=CC1CC1. The van der Waals surface area contributed by atoms with E-state index in [9.17, 15) is 20.0 Å². The highest BCUT2D eigenvalue weighted by Gasteiger charge is 2.33. The highest BCUT2D eigenvalue weighted by Crippen LogP contribution is 2.33. The van der Waals surface area contributed by atoms with E-state index in [-0.39, 0.29) is 23.4 Å². The van der Waals surface area contributed by atoms with Gasteiger partial charge in [-0.3, -0.25) is 14.9 Å². The number of aromatic nitrogens is 3. The third kappa shape index (κ3) is 6.75. The van der Waals surface area contributed by atoms with Gasteiger partial charge < -0.3 is 24.3 Å². The van der Waals surface area contributed by atoms with Crippen molar-refractivity contribution in [1.29, 1.82) is 5.26 Å². The molecule has 4 heterocycles. The topological polar surface area (TPSA) is 149 Å². The summed E-state index contributed by atoms with van der Waals surface area (Å²) >= 11 is 1.30. The number of hydrogen-bond donors (Lipinski definition) is 3. The Balaban J connectivity index is 1.28. The molecule has 0 bridgehead atoms. The first kappa shape index (κ1) is 29.7. The maximum atomic E-state index is 13.4. The number of nitriles is 1. The number of allylic oxidation sites excluding steroid dienone is 1. The maximum Gasteiger partial charge on any atom is 0.268 e. The summed E-state index contributed by atoms with van der Waals surface area (Å²) in [6, 6.07) is 11.5. The van der Waals surface area contributed by atoms with E-state index in [0.29, 0.717) is 54.2 Å². The van der Waals surface area contributed by atoms with Crippen LogP contribution in [0.25, 0.3) is 21.7 Å².